The van der Waals surface area contributed by atoms with Crippen LogP contribution in [-0.2, 0) is 6.54 Å². The molecule has 1 fully saturated rings. The second kappa shape index (κ2) is 14.2. The van der Waals surface area contributed by atoms with Gasteiger partial charge in [0.25, 0.3) is 0 Å². The van der Waals surface area contributed by atoms with Crippen LogP contribution in [-0.4, -0.2) is 51.8 Å². The number of aliphatic hydroxyl groups is 1. The lowest BCUT2D eigenvalue weighted by Crippen LogP contribution is -2.37. The van der Waals surface area contributed by atoms with Gasteiger partial charge in [-0.3, -0.25) is 4.90 Å². The molecule has 0 amide bonds. The number of hydrogen-bond donors (Lipinski definition) is 1. The van der Waals surface area contributed by atoms with Crippen LogP contribution >= 0.6 is 0 Å². The molecule has 0 unspecified atom stereocenters. The Morgan fingerprint density at radius 1 is 1.13 bits per heavy atom. The van der Waals surface area contributed by atoms with E-state index in [2.05, 4.69) is 51.0 Å². The lowest BCUT2D eigenvalue weighted by atomic mass is 9.98. The molecule has 1 atom stereocenters. The summed E-state index contributed by atoms with van der Waals surface area (Å²) in [6, 6.07) is 13.4. The largest absolute Gasteiger partial charge is 0.477 e. The summed E-state index contributed by atoms with van der Waals surface area (Å²) in [7, 11) is 1.00. The molecule has 6 nitrogen and oxygen atoms in total. The van der Waals surface area contributed by atoms with Crippen molar-refractivity contribution in [2.75, 3.05) is 26.8 Å². The Morgan fingerprint density at radius 2 is 1.94 bits per heavy atom. The standard InChI is InChI=1S/C19H23FN2O.C4H4N2.CH4O/c1-15-4-2-5-16(10-15)12-22-9-3-6-17(13-22)14-23-19-8-7-18(20)11-21-19;1-2-5-4-6-3-1;1-2/h2,4-5,7-8,10-11,17H,3,6,9,12-14H2,1H3;1-4H;2H,1H3/t17-;;/m1../s1. The summed E-state index contributed by atoms with van der Waals surface area (Å²) in [5.74, 6) is 0.668. The van der Waals surface area contributed by atoms with Crippen molar-refractivity contribution in [1.82, 2.24) is 19.9 Å². The second-order valence-electron chi connectivity index (χ2n) is 7.26. The van der Waals surface area contributed by atoms with Crippen LogP contribution in [0.4, 0.5) is 4.39 Å². The number of hydrogen-bond acceptors (Lipinski definition) is 6. The van der Waals surface area contributed by atoms with Gasteiger partial charge in [0.1, 0.15) is 12.1 Å². The van der Waals surface area contributed by atoms with Crippen LogP contribution in [0.5, 0.6) is 5.88 Å². The van der Waals surface area contributed by atoms with Crippen molar-refractivity contribution in [3.63, 3.8) is 0 Å². The monoisotopic (exact) mass is 426 g/mol. The molecule has 1 aliphatic rings. The molecule has 1 saturated heterocycles. The predicted molar refractivity (Wildman–Crippen MR) is 119 cm³/mol. The molecule has 0 radical (unpaired) electrons. The third-order valence-corrected chi connectivity index (χ3v) is 4.74. The number of likely N-dealkylation sites (tertiary alicyclic amines) is 1. The van der Waals surface area contributed by atoms with Crippen molar-refractivity contribution < 1.29 is 14.2 Å². The smallest absolute Gasteiger partial charge is 0.213 e. The summed E-state index contributed by atoms with van der Waals surface area (Å²) in [5.41, 5.74) is 2.67. The summed E-state index contributed by atoms with van der Waals surface area (Å²) in [4.78, 5) is 13.8. The molecule has 4 rings (SSSR count). The van der Waals surface area contributed by atoms with E-state index in [-0.39, 0.29) is 5.82 Å². The van der Waals surface area contributed by atoms with Crippen molar-refractivity contribution in [1.29, 1.82) is 0 Å². The Hall–Kier alpha value is -2.90. The maximum absolute atomic E-state index is 12.8. The number of halogens is 1. The van der Waals surface area contributed by atoms with E-state index in [0.29, 0.717) is 18.4 Å². The first-order chi connectivity index (χ1) is 15.2. The average Bonchev–Trinajstić information content (AvgIpc) is 2.82. The first kappa shape index (κ1) is 24.4. The Balaban J connectivity index is 0.000000363. The lowest BCUT2D eigenvalue weighted by molar-refractivity contribution is 0.123. The molecule has 31 heavy (non-hydrogen) atoms. The molecule has 7 heteroatoms. The Kier molecular flexibility index (Phi) is 11.1. The molecule has 3 aromatic rings. The quantitative estimate of drug-likeness (QED) is 0.667. The zero-order chi connectivity index (χ0) is 22.3. The maximum Gasteiger partial charge on any atom is 0.213 e. The minimum Gasteiger partial charge on any atom is -0.477 e. The molecule has 1 N–H and O–H groups in total. The highest BCUT2D eigenvalue weighted by atomic mass is 19.1. The molecule has 2 aromatic heterocycles. The minimum atomic E-state index is -0.334. The number of ether oxygens (including phenoxy) is 1. The zero-order valence-corrected chi connectivity index (χ0v) is 18.2. The van der Waals surface area contributed by atoms with E-state index >= 15 is 0 Å². The third kappa shape index (κ3) is 9.63. The Bertz CT molecular complexity index is 823. The number of nitrogens with zero attached hydrogens (tertiary/aromatic N) is 4. The highest BCUT2D eigenvalue weighted by molar-refractivity contribution is 5.22. The van der Waals surface area contributed by atoms with Crippen molar-refractivity contribution >= 4 is 0 Å². The minimum absolute atomic E-state index is 0.334. The van der Waals surface area contributed by atoms with Gasteiger partial charge in [0.05, 0.1) is 12.8 Å². The van der Waals surface area contributed by atoms with Crippen LogP contribution in [0.3, 0.4) is 0 Å². The first-order valence-corrected chi connectivity index (χ1v) is 10.4. The van der Waals surface area contributed by atoms with Crippen LogP contribution in [0.15, 0.2) is 67.4 Å². The summed E-state index contributed by atoms with van der Waals surface area (Å²) >= 11 is 0. The Morgan fingerprint density at radius 3 is 2.55 bits per heavy atom. The normalized spacial score (nSPS) is 15.7. The highest BCUT2D eigenvalue weighted by Gasteiger charge is 2.20. The van der Waals surface area contributed by atoms with Gasteiger partial charge >= 0.3 is 0 Å². The highest BCUT2D eigenvalue weighted by Crippen LogP contribution is 2.20. The van der Waals surface area contributed by atoms with Gasteiger partial charge in [-0.25, -0.2) is 19.3 Å². The number of pyridine rings is 1. The van der Waals surface area contributed by atoms with Gasteiger partial charge in [-0.2, -0.15) is 0 Å². The molecule has 0 spiro atoms. The van der Waals surface area contributed by atoms with Crippen molar-refractivity contribution in [2.45, 2.75) is 26.3 Å². The van der Waals surface area contributed by atoms with Gasteiger partial charge < -0.3 is 9.84 Å². The van der Waals surface area contributed by atoms with Crippen molar-refractivity contribution in [3.05, 3.63) is 84.3 Å². The summed E-state index contributed by atoms with van der Waals surface area (Å²) < 4.78 is 18.6. The summed E-state index contributed by atoms with van der Waals surface area (Å²) in [6.07, 6.45) is 8.43. The van der Waals surface area contributed by atoms with Gasteiger partial charge in [-0.1, -0.05) is 29.8 Å². The number of aliphatic hydroxyl groups excluding tert-OH is 1. The van der Waals surface area contributed by atoms with E-state index in [1.54, 1.807) is 24.5 Å². The number of benzene rings is 1. The third-order valence-electron chi connectivity index (χ3n) is 4.74. The molecular formula is C24H31FN4O2. The van der Waals surface area contributed by atoms with E-state index in [1.165, 1.54) is 42.6 Å². The predicted octanol–water partition coefficient (Wildman–Crippen LogP) is 3.91. The molecule has 3 heterocycles. The fraction of sp³-hybridized carbons (Fsp3) is 0.375. The topological polar surface area (TPSA) is 71.4 Å². The first-order valence-electron chi connectivity index (χ1n) is 10.4. The van der Waals surface area contributed by atoms with Crippen LogP contribution in [0.1, 0.15) is 24.0 Å². The van der Waals surface area contributed by atoms with Crippen LogP contribution in [0.25, 0.3) is 0 Å². The van der Waals surface area contributed by atoms with Crippen molar-refractivity contribution in [3.8, 4) is 5.88 Å². The van der Waals surface area contributed by atoms with Gasteiger partial charge in [-0.15, -0.1) is 0 Å². The fourth-order valence-electron chi connectivity index (χ4n) is 3.40. The number of rotatable bonds is 5. The molecule has 0 aliphatic carbocycles. The number of piperidine rings is 1. The van der Waals surface area contributed by atoms with E-state index in [4.69, 9.17) is 9.84 Å². The van der Waals surface area contributed by atoms with E-state index in [9.17, 15) is 4.39 Å². The molecule has 166 valence electrons. The zero-order valence-electron chi connectivity index (χ0n) is 18.2. The molecular weight excluding hydrogens is 395 g/mol. The molecule has 0 saturated carbocycles. The average molecular weight is 427 g/mol. The molecule has 1 aromatic carbocycles. The summed E-state index contributed by atoms with van der Waals surface area (Å²) in [6.45, 7) is 5.94. The SMILES string of the molecule is CO.Cc1cccc(CN2CCC[C@@H](COc3ccc(F)cn3)C2)c1.c1cncnc1. The van der Waals surface area contributed by atoms with Gasteiger partial charge in [0, 0.05) is 44.6 Å². The lowest BCUT2D eigenvalue weighted by Gasteiger charge is -2.32. The van der Waals surface area contributed by atoms with Gasteiger partial charge in [0.2, 0.25) is 5.88 Å². The van der Waals surface area contributed by atoms with Crippen LogP contribution in [0, 0.1) is 18.7 Å². The summed E-state index contributed by atoms with van der Waals surface area (Å²) in [5, 5.41) is 7.00. The van der Waals surface area contributed by atoms with E-state index < -0.39 is 0 Å². The van der Waals surface area contributed by atoms with E-state index in [1.807, 2.05) is 0 Å². The van der Waals surface area contributed by atoms with Crippen LogP contribution < -0.4 is 4.74 Å². The second-order valence-corrected chi connectivity index (χ2v) is 7.26. The van der Waals surface area contributed by atoms with Gasteiger partial charge in [-0.05, 0) is 44.0 Å². The number of aryl methyl sites for hydroxylation is 1. The maximum atomic E-state index is 12.8. The molecule has 1 aliphatic heterocycles. The fourth-order valence-corrected chi connectivity index (χ4v) is 3.40. The van der Waals surface area contributed by atoms with Gasteiger partial charge in [0.15, 0.2) is 0 Å². The van der Waals surface area contributed by atoms with Crippen LogP contribution in [0.2, 0.25) is 0 Å². The van der Waals surface area contributed by atoms with E-state index in [0.717, 1.165) is 26.7 Å². The number of aromatic nitrogens is 3. The molecule has 0 bridgehead atoms. The van der Waals surface area contributed by atoms with Crippen molar-refractivity contribution in [2.24, 2.45) is 5.92 Å². The Labute approximate surface area is 183 Å².